The van der Waals surface area contributed by atoms with E-state index in [1.54, 1.807) is 23.1 Å². The van der Waals surface area contributed by atoms with Gasteiger partial charge in [0.25, 0.3) is 0 Å². The smallest absolute Gasteiger partial charge is 0.225 e. The number of aromatic nitrogens is 3. The molecule has 5 nitrogen and oxygen atoms in total. The summed E-state index contributed by atoms with van der Waals surface area (Å²) in [4.78, 5) is 13.4. The molecule has 0 unspecified atom stereocenters. The van der Waals surface area contributed by atoms with Crippen molar-refractivity contribution in [2.45, 2.75) is 31.5 Å². The van der Waals surface area contributed by atoms with Crippen molar-refractivity contribution in [3.05, 3.63) is 58.5 Å². The summed E-state index contributed by atoms with van der Waals surface area (Å²) in [5.74, 6) is 1.60. The van der Waals surface area contributed by atoms with E-state index >= 15 is 0 Å². The van der Waals surface area contributed by atoms with Crippen molar-refractivity contribution in [1.29, 1.82) is 0 Å². The van der Waals surface area contributed by atoms with Gasteiger partial charge in [0, 0.05) is 29.3 Å². The summed E-state index contributed by atoms with van der Waals surface area (Å²) in [6, 6.07) is 13.7. The largest absolute Gasteiger partial charge is 0.326 e. The zero-order valence-electron chi connectivity index (χ0n) is 14.0. The Kier molecular flexibility index (Phi) is 6.25. The molecule has 0 radical (unpaired) electrons. The fourth-order valence-corrected chi connectivity index (χ4v) is 4.03. The number of nitrogens with zero attached hydrogens (tertiary/aromatic N) is 3. The Morgan fingerprint density at radius 3 is 2.80 bits per heavy atom. The number of rotatable bonds is 8. The molecule has 25 heavy (non-hydrogen) atoms. The summed E-state index contributed by atoms with van der Waals surface area (Å²) in [5, 5.41) is 14.3. The van der Waals surface area contributed by atoms with Gasteiger partial charge in [-0.1, -0.05) is 36.0 Å². The van der Waals surface area contributed by atoms with Crippen LogP contribution in [0, 0.1) is 6.92 Å². The first-order valence-electron chi connectivity index (χ1n) is 8.12. The van der Waals surface area contributed by atoms with Crippen LogP contribution in [-0.2, 0) is 17.8 Å². The van der Waals surface area contributed by atoms with Crippen LogP contribution >= 0.6 is 23.1 Å². The molecule has 1 amide bonds. The summed E-state index contributed by atoms with van der Waals surface area (Å²) in [7, 11) is 0. The topological polar surface area (TPSA) is 59.8 Å². The predicted octanol–water partition coefficient (Wildman–Crippen LogP) is 4.01. The molecule has 0 aliphatic heterocycles. The highest BCUT2D eigenvalue weighted by atomic mass is 32.2. The molecule has 2 aromatic heterocycles. The molecule has 0 aliphatic carbocycles. The molecule has 7 heteroatoms. The van der Waals surface area contributed by atoms with Gasteiger partial charge in [0.2, 0.25) is 5.91 Å². The van der Waals surface area contributed by atoms with Gasteiger partial charge in [0.05, 0.1) is 0 Å². The average molecular weight is 373 g/mol. The van der Waals surface area contributed by atoms with E-state index in [-0.39, 0.29) is 5.91 Å². The summed E-state index contributed by atoms with van der Waals surface area (Å²) in [6.07, 6.45) is 1.41. The number of nitrogens with one attached hydrogen (secondary N) is 1. The number of hydrogen-bond acceptors (Lipinski definition) is 5. The van der Waals surface area contributed by atoms with Crippen molar-refractivity contribution in [1.82, 2.24) is 14.8 Å². The third kappa shape index (κ3) is 5.17. The molecule has 3 rings (SSSR count). The molecule has 0 saturated carbocycles. The molecule has 1 N–H and O–H groups in total. The minimum absolute atomic E-state index is 0.0140. The second-order valence-electron chi connectivity index (χ2n) is 5.52. The molecule has 0 aliphatic rings. The zero-order valence-corrected chi connectivity index (χ0v) is 15.6. The molecule has 2 heterocycles. The molecular weight excluding hydrogens is 352 g/mol. The van der Waals surface area contributed by atoms with Gasteiger partial charge in [-0.3, -0.25) is 4.79 Å². The molecule has 0 saturated heterocycles. The van der Waals surface area contributed by atoms with Gasteiger partial charge in [-0.2, -0.15) is 0 Å². The number of hydrogen-bond donors (Lipinski definition) is 1. The van der Waals surface area contributed by atoms with E-state index < -0.39 is 0 Å². The lowest BCUT2D eigenvalue weighted by molar-refractivity contribution is -0.115. The number of carbonyl (C=O) groups excluding carboxylic acids is 1. The van der Waals surface area contributed by atoms with Gasteiger partial charge in [-0.25, -0.2) is 0 Å². The van der Waals surface area contributed by atoms with Crippen LogP contribution in [0.4, 0.5) is 5.69 Å². The molecule has 1 aromatic carbocycles. The summed E-state index contributed by atoms with van der Waals surface area (Å²) >= 11 is 3.34. The van der Waals surface area contributed by atoms with E-state index in [0.717, 1.165) is 29.6 Å². The fraction of sp³-hybridized carbons (Fsp3) is 0.278. The van der Waals surface area contributed by atoms with Crippen LogP contribution in [0.3, 0.4) is 0 Å². The van der Waals surface area contributed by atoms with Gasteiger partial charge in [-0.15, -0.1) is 21.5 Å². The van der Waals surface area contributed by atoms with Crippen molar-refractivity contribution in [2.75, 3.05) is 11.1 Å². The van der Waals surface area contributed by atoms with E-state index in [2.05, 4.69) is 37.6 Å². The Morgan fingerprint density at radius 2 is 2.04 bits per heavy atom. The average Bonchev–Trinajstić information content (AvgIpc) is 3.24. The predicted molar refractivity (Wildman–Crippen MR) is 103 cm³/mol. The van der Waals surface area contributed by atoms with Gasteiger partial charge in [-0.05, 0) is 36.9 Å². The lowest BCUT2D eigenvalue weighted by atomic mass is 10.3. The third-order valence-corrected chi connectivity index (χ3v) is 5.59. The second kappa shape index (κ2) is 8.82. The van der Waals surface area contributed by atoms with Crippen LogP contribution in [0.1, 0.15) is 17.1 Å². The Hall–Kier alpha value is -2.12. The number of carbonyl (C=O) groups is 1. The van der Waals surface area contributed by atoms with Crippen LogP contribution in [-0.4, -0.2) is 26.4 Å². The molecule has 0 bridgehead atoms. The van der Waals surface area contributed by atoms with Gasteiger partial charge >= 0.3 is 0 Å². The fourth-order valence-electron chi connectivity index (χ4n) is 2.38. The highest BCUT2D eigenvalue weighted by Gasteiger charge is 2.11. The highest BCUT2D eigenvalue weighted by Crippen LogP contribution is 2.19. The lowest BCUT2D eigenvalue weighted by Gasteiger charge is -2.08. The lowest BCUT2D eigenvalue weighted by Crippen LogP contribution is -2.12. The van der Waals surface area contributed by atoms with Gasteiger partial charge < -0.3 is 9.88 Å². The van der Waals surface area contributed by atoms with Crippen LogP contribution in [0.25, 0.3) is 0 Å². The first-order chi connectivity index (χ1) is 12.2. The van der Waals surface area contributed by atoms with Crippen LogP contribution in [0.2, 0.25) is 0 Å². The van der Waals surface area contributed by atoms with Crippen molar-refractivity contribution >= 4 is 34.7 Å². The van der Waals surface area contributed by atoms with Crippen molar-refractivity contribution in [2.24, 2.45) is 0 Å². The van der Waals surface area contributed by atoms with Crippen LogP contribution in [0.15, 0.2) is 53.0 Å². The van der Waals surface area contributed by atoms with Crippen LogP contribution in [0.5, 0.6) is 0 Å². The number of amides is 1. The van der Waals surface area contributed by atoms with E-state index in [0.29, 0.717) is 12.2 Å². The summed E-state index contributed by atoms with van der Waals surface area (Å²) in [5.41, 5.74) is 0.826. The number of aryl methyl sites for hydroxylation is 2. The van der Waals surface area contributed by atoms with Gasteiger partial charge in [0.1, 0.15) is 5.82 Å². The molecule has 0 atom stereocenters. The van der Waals surface area contributed by atoms with Crippen molar-refractivity contribution in [3.8, 4) is 0 Å². The second-order valence-corrected chi connectivity index (χ2v) is 7.62. The monoisotopic (exact) mass is 372 g/mol. The first kappa shape index (κ1) is 17.7. The quantitative estimate of drug-likeness (QED) is 0.607. The number of thiophene rings is 1. The first-order valence-corrected chi connectivity index (χ1v) is 9.99. The van der Waals surface area contributed by atoms with Crippen molar-refractivity contribution < 1.29 is 4.79 Å². The zero-order chi connectivity index (χ0) is 17.5. The maximum absolute atomic E-state index is 12.0. The van der Waals surface area contributed by atoms with E-state index in [1.807, 2.05) is 37.3 Å². The molecule has 3 aromatic rings. The standard InChI is InChI=1S/C18H20N4OS2/c1-14-20-21-18(22(14)11-9-16-8-5-12-24-16)25-13-10-17(23)19-15-6-3-2-4-7-15/h2-8,12H,9-11,13H2,1H3,(H,19,23). The van der Waals surface area contributed by atoms with Crippen LogP contribution < -0.4 is 5.32 Å². The van der Waals surface area contributed by atoms with E-state index in [4.69, 9.17) is 0 Å². The minimum atomic E-state index is 0.0140. The third-order valence-electron chi connectivity index (χ3n) is 3.68. The van der Waals surface area contributed by atoms with Crippen molar-refractivity contribution in [3.63, 3.8) is 0 Å². The number of benzene rings is 1. The Bertz CT molecular complexity index is 800. The maximum atomic E-state index is 12.0. The minimum Gasteiger partial charge on any atom is -0.326 e. The van der Waals surface area contributed by atoms with Gasteiger partial charge in [0.15, 0.2) is 5.16 Å². The Morgan fingerprint density at radius 1 is 1.20 bits per heavy atom. The Labute approximate surface area is 155 Å². The molecule has 0 fully saturated rings. The number of thioether (sulfide) groups is 1. The normalized spacial score (nSPS) is 10.8. The van der Waals surface area contributed by atoms with E-state index in [9.17, 15) is 4.79 Å². The highest BCUT2D eigenvalue weighted by molar-refractivity contribution is 7.99. The summed E-state index contributed by atoms with van der Waals surface area (Å²) in [6.45, 7) is 2.82. The van der Waals surface area contributed by atoms with E-state index in [1.165, 1.54) is 4.88 Å². The molecule has 0 spiro atoms. The Balaban J connectivity index is 1.49. The number of anilines is 1. The maximum Gasteiger partial charge on any atom is 0.225 e. The number of para-hydroxylation sites is 1. The molecular formula is C18H20N4OS2. The molecule has 130 valence electrons. The SMILES string of the molecule is Cc1nnc(SCCC(=O)Nc2ccccc2)n1CCc1cccs1. The summed E-state index contributed by atoms with van der Waals surface area (Å²) < 4.78 is 2.12.